The molecule has 0 radical (unpaired) electrons. The SMILES string of the molecule is CC(C)CN[C@@H]1CCCN(c2cccnn2)C1. The topological polar surface area (TPSA) is 41.0 Å². The fourth-order valence-electron chi connectivity index (χ4n) is 2.22. The lowest BCUT2D eigenvalue weighted by molar-refractivity contribution is 0.398. The van der Waals surface area contributed by atoms with Gasteiger partial charge in [0.05, 0.1) is 0 Å². The van der Waals surface area contributed by atoms with Gasteiger partial charge in [0.1, 0.15) is 0 Å². The first kappa shape index (κ1) is 12.3. The molecule has 4 nitrogen and oxygen atoms in total. The van der Waals surface area contributed by atoms with E-state index in [1.54, 1.807) is 6.20 Å². The summed E-state index contributed by atoms with van der Waals surface area (Å²) in [5.74, 6) is 1.71. The van der Waals surface area contributed by atoms with Crippen LogP contribution in [0, 0.1) is 5.92 Å². The van der Waals surface area contributed by atoms with Crippen LogP contribution in [0.2, 0.25) is 0 Å². The zero-order chi connectivity index (χ0) is 12.1. The zero-order valence-electron chi connectivity index (χ0n) is 10.8. The van der Waals surface area contributed by atoms with Crippen molar-refractivity contribution < 1.29 is 0 Å². The lowest BCUT2D eigenvalue weighted by Crippen LogP contribution is -2.47. The predicted molar refractivity (Wildman–Crippen MR) is 70.1 cm³/mol. The molecule has 17 heavy (non-hydrogen) atoms. The minimum Gasteiger partial charge on any atom is -0.354 e. The number of piperidine rings is 1. The number of anilines is 1. The molecule has 0 amide bonds. The first-order valence-corrected chi connectivity index (χ1v) is 6.51. The van der Waals surface area contributed by atoms with Crippen molar-refractivity contribution in [3.8, 4) is 0 Å². The Hall–Kier alpha value is -1.16. The van der Waals surface area contributed by atoms with Gasteiger partial charge < -0.3 is 10.2 Å². The molecule has 94 valence electrons. The van der Waals surface area contributed by atoms with Crippen molar-refractivity contribution in [2.24, 2.45) is 5.92 Å². The third kappa shape index (κ3) is 3.66. The van der Waals surface area contributed by atoms with Crippen LogP contribution in [0.5, 0.6) is 0 Å². The van der Waals surface area contributed by atoms with E-state index in [9.17, 15) is 0 Å². The summed E-state index contributed by atoms with van der Waals surface area (Å²) < 4.78 is 0. The van der Waals surface area contributed by atoms with Gasteiger partial charge in [-0.2, -0.15) is 5.10 Å². The van der Waals surface area contributed by atoms with Crippen molar-refractivity contribution in [2.75, 3.05) is 24.5 Å². The molecule has 1 aromatic heterocycles. The summed E-state index contributed by atoms with van der Waals surface area (Å²) in [5, 5.41) is 11.8. The Morgan fingerprint density at radius 1 is 1.53 bits per heavy atom. The van der Waals surface area contributed by atoms with Crippen LogP contribution < -0.4 is 10.2 Å². The van der Waals surface area contributed by atoms with Crippen LogP contribution in [0.3, 0.4) is 0 Å². The van der Waals surface area contributed by atoms with Crippen molar-refractivity contribution in [3.05, 3.63) is 18.3 Å². The Morgan fingerprint density at radius 3 is 3.12 bits per heavy atom. The molecule has 0 unspecified atom stereocenters. The maximum Gasteiger partial charge on any atom is 0.151 e. The average Bonchev–Trinajstić information content (AvgIpc) is 2.38. The minimum atomic E-state index is 0.591. The number of aromatic nitrogens is 2. The molecule has 2 rings (SSSR count). The third-order valence-corrected chi connectivity index (χ3v) is 3.12. The minimum absolute atomic E-state index is 0.591. The van der Waals surface area contributed by atoms with Crippen LogP contribution >= 0.6 is 0 Å². The van der Waals surface area contributed by atoms with Gasteiger partial charge in [-0.05, 0) is 37.4 Å². The molecule has 1 aliphatic heterocycles. The highest BCUT2D eigenvalue weighted by Gasteiger charge is 2.20. The number of hydrogen-bond donors (Lipinski definition) is 1. The Morgan fingerprint density at radius 2 is 2.41 bits per heavy atom. The van der Waals surface area contributed by atoms with Gasteiger partial charge in [0.2, 0.25) is 0 Å². The van der Waals surface area contributed by atoms with Crippen LogP contribution in [-0.2, 0) is 0 Å². The number of nitrogens with one attached hydrogen (secondary N) is 1. The maximum atomic E-state index is 4.18. The zero-order valence-corrected chi connectivity index (χ0v) is 10.8. The van der Waals surface area contributed by atoms with E-state index in [-0.39, 0.29) is 0 Å². The largest absolute Gasteiger partial charge is 0.354 e. The summed E-state index contributed by atoms with van der Waals surface area (Å²) in [5.41, 5.74) is 0. The molecule has 4 heteroatoms. The molecular formula is C13H22N4. The molecule has 0 spiro atoms. The second-order valence-electron chi connectivity index (χ2n) is 5.17. The van der Waals surface area contributed by atoms with E-state index in [1.807, 2.05) is 12.1 Å². The third-order valence-electron chi connectivity index (χ3n) is 3.12. The van der Waals surface area contributed by atoms with Crippen LogP contribution in [0.1, 0.15) is 26.7 Å². The normalized spacial score (nSPS) is 20.9. The number of nitrogens with zero attached hydrogens (tertiary/aromatic N) is 3. The van der Waals surface area contributed by atoms with Crippen molar-refractivity contribution in [1.29, 1.82) is 0 Å². The van der Waals surface area contributed by atoms with Gasteiger partial charge >= 0.3 is 0 Å². The summed E-state index contributed by atoms with van der Waals surface area (Å²) in [6, 6.07) is 4.58. The molecular weight excluding hydrogens is 212 g/mol. The summed E-state index contributed by atoms with van der Waals surface area (Å²) in [4.78, 5) is 2.33. The first-order valence-electron chi connectivity index (χ1n) is 6.51. The van der Waals surface area contributed by atoms with E-state index in [1.165, 1.54) is 12.8 Å². The quantitative estimate of drug-likeness (QED) is 0.861. The predicted octanol–water partition coefficient (Wildman–Crippen LogP) is 1.69. The molecule has 1 saturated heterocycles. The molecule has 1 N–H and O–H groups in total. The second kappa shape index (κ2) is 5.96. The lowest BCUT2D eigenvalue weighted by atomic mass is 10.0. The fraction of sp³-hybridized carbons (Fsp3) is 0.692. The molecule has 1 aromatic rings. The van der Waals surface area contributed by atoms with Gasteiger partial charge in [-0.1, -0.05) is 13.8 Å². The monoisotopic (exact) mass is 234 g/mol. The standard InChI is InChI=1S/C13H22N4/c1-11(2)9-14-12-5-4-8-17(10-12)13-6-3-7-15-16-13/h3,6-7,11-12,14H,4-5,8-10H2,1-2H3/t12-/m1/s1. The Labute approximate surface area is 103 Å². The van der Waals surface area contributed by atoms with Crippen LogP contribution in [-0.4, -0.2) is 35.9 Å². The number of rotatable bonds is 4. The van der Waals surface area contributed by atoms with E-state index >= 15 is 0 Å². The first-order chi connectivity index (χ1) is 8.25. The van der Waals surface area contributed by atoms with E-state index in [0.29, 0.717) is 12.0 Å². The Balaban J connectivity index is 1.89. The highest BCUT2D eigenvalue weighted by Crippen LogP contribution is 2.16. The average molecular weight is 234 g/mol. The summed E-state index contributed by atoms with van der Waals surface area (Å²) >= 11 is 0. The summed E-state index contributed by atoms with van der Waals surface area (Å²) in [7, 11) is 0. The maximum absolute atomic E-state index is 4.18. The van der Waals surface area contributed by atoms with Gasteiger partial charge in [0.15, 0.2) is 5.82 Å². The molecule has 1 fully saturated rings. The van der Waals surface area contributed by atoms with Gasteiger partial charge in [0.25, 0.3) is 0 Å². The van der Waals surface area contributed by atoms with E-state index in [0.717, 1.165) is 25.5 Å². The summed E-state index contributed by atoms with van der Waals surface area (Å²) in [6.07, 6.45) is 4.22. The van der Waals surface area contributed by atoms with E-state index < -0.39 is 0 Å². The Bertz CT molecular complexity index is 325. The highest BCUT2D eigenvalue weighted by atomic mass is 15.3. The van der Waals surface area contributed by atoms with Gasteiger partial charge in [-0.25, -0.2) is 0 Å². The Kier molecular flexibility index (Phi) is 4.31. The van der Waals surface area contributed by atoms with Crippen molar-refractivity contribution in [2.45, 2.75) is 32.7 Å². The van der Waals surface area contributed by atoms with Gasteiger partial charge in [-0.15, -0.1) is 5.10 Å². The van der Waals surface area contributed by atoms with Crippen LogP contribution in [0.4, 0.5) is 5.82 Å². The molecule has 0 aromatic carbocycles. The molecule has 1 aliphatic rings. The van der Waals surface area contributed by atoms with Crippen molar-refractivity contribution in [3.63, 3.8) is 0 Å². The molecule has 0 bridgehead atoms. The number of hydrogen-bond acceptors (Lipinski definition) is 4. The second-order valence-corrected chi connectivity index (χ2v) is 5.17. The van der Waals surface area contributed by atoms with Crippen molar-refractivity contribution in [1.82, 2.24) is 15.5 Å². The van der Waals surface area contributed by atoms with Crippen LogP contribution in [0.15, 0.2) is 18.3 Å². The fourth-order valence-corrected chi connectivity index (χ4v) is 2.22. The van der Waals surface area contributed by atoms with Gasteiger partial charge in [0, 0.05) is 25.3 Å². The van der Waals surface area contributed by atoms with Gasteiger partial charge in [-0.3, -0.25) is 0 Å². The van der Waals surface area contributed by atoms with Crippen molar-refractivity contribution >= 4 is 5.82 Å². The molecule has 2 heterocycles. The lowest BCUT2D eigenvalue weighted by Gasteiger charge is -2.34. The molecule has 0 aliphatic carbocycles. The molecule has 0 saturated carbocycles. The summed E-state index contributed by atoms with van der Waals surface area (Å²) in [6.45, 7) is 7.73. The highest BCUT2D eigenvalue weighted by molar-refractivity contribution is 5.37. The van der Waals surface area contributed by atoms with E-state index in [4.69, 9.17) is 0 Å². The van der Waals surface area contributed by atoms with Crippen LogP contribution in [0.25, 0.3) is 0 Å². The smallest absolute Gasteiger partial charge is 0.151 e. The molecule has 1 atom stereocenters. The van der Waals surface area contributed by atoms with E-state index in [2.05, 4.69) is 34.3 Å².